The van der Waals surface area contributed by atoms with Crippen LogP contribution in [0.3, 0.4) is 0 Å². The molecule has 1 aliphatic rings. The highest BCUT2D eigenvalue weighted by Crippen LogP contribution is 2.17. The van der Waals surface area contributed by atoms with E-state index in [2.05, 4.69) is 26.2 Å². The van der Waals surface area contributed by atoms with Gasteiger partial charge in [-0.3, -0.25) is 0 Å². The van der Waals surface area contributed by atoms with E-state index in [-0.39, 0.29) is 17.7 Å². The van der Waals surface area contributed by atoms with Crippen molar-refractivity contribution in [2.45, 2.75) is 25.4 Å². The standard InChI is InChI=1S/C11H14BrFN2O/c12-8-5-10(13)11(14-6-8)15-7-9-3-1-2-4-16-9/h5-6,9H,1-4,7H2,(H,14,15). The van der Waals surface area contributed by atoms with E-state index in [9.17, 15) is 4.39 Å². The largest absolute Gasteiger partial charge is 0.376 e. The molecule has 88 valence electrons. The van der Waals surface area contributed by atoms with Crippen molar-refractivity contribution in [2.24, 2.45) is 0 Å². The lowest BCUT2D eigenvalue weighted by atomic mass is 10.1. The third kappa shape index (κ3) is 3.15. The number of hydrogen-bond donors (Lipinski definition) is 1. The van der Waals surface area contributed by atoms with E-state index in [0.29, 0.717) is 11.0 Å². The van der Waals surface area contributed by atoms with Crippen molar-refractivity contribution < 1.29 is 9.13 Å². The molecule has 1 unspecified atom stereocenters. The smallest absolute Gasteiger partial charge is 0.166 e. The summed E-state index contributed by atoms with van der Waals surface area (Å²) in [6, 6.07) is 1.40. The van der Waals surface area contributed by atoms with Gasteiger partial charge in [-0.15, -0.1) is 0 Å². The van der Waals surface area contributed by atoms with Crippen LogP contribution in [0.15, 0.2) is 16.7 Å². The fourth-order valence-electron chi connectivity index (χ4n) is 1.72. The van der Waals surface area contributed by atoms with Crippen LogP contribution >= 0.6 is 15.9 Å². The van der Waals surface area contributed by atoms with E-state index in [1.165, 1.54) is 12.5 Å². The molecular formula is C11H14BrFN2O. The first-order valence-electron chi connectivity index (χ1n) is 5.42. The van der Waals surface area contributed by atoms with E-state index in [1.54, 1.807) is 6.20 Å². The maximum atomic E-state index is 13.4. The van der Waals surface area contributed by atoms with Crippen molar-refractivity contribution in [3.63, 3.8) is 0 Å². The van der Waals surface area contributed by atoms with Gasteiger partial charge in [-0.05, 0) is 41.3 Å². The van der Waals surface area contributed by atoms with Crippen molar-refractivity contribution in [2.75, 3.05) is 18.5 Å². The summed E-state index contributed by atoms with van der Waals surface area (Å²) in [6.07, 6.45) is 5.10. The zero-order valence-electron chi connectivity index (χ0n) is 8.88. The number of aromatic nitrogens is 1. The molecule has 1 saturated heterocycles. The minimum absolute atomic E-state index is 0.179. The number of rotatable bonds is 3. The zero-order chi connectivity index (χ0) is 11.4. The number of hydrogen-bond acceptors (Lipinski definition) is 3. The molecule has 0 amide bonds. The minimum Gasteiger partial charge on any atom is -0.376 e. The van der Waals surface area contributed by atoms with Crippen molar-refractivity contribution in [1.82, 2.24) is 4.98 Å². The Labute approximate surface area is 103 Å². The molecule has 0 radical (unpaired) electrons. The first-order chi connectivity index (χ1) is 7.75. The fraction of sp³-hybridized carbons (Fsp3) is 0.545. The van der Waals surface area contributed by atoms with Gasteiger partial charge in [0, 0.05) is 23.8 Å². The number of pyridine rings is 1. The summed E-state index contributed by atoms with van der Waals surface area (Å²) in [5.74, 6) is -0.0532. The fourth-order valence-corrected chi connectivity index (χ4v) is 2.03. The second kappa shape index (κ2) is 5.59. The van der Waals surface area contributed by atoms with Crippen molar-refractivity contribution in [3.05, 3.63) is 22.6 Å². The van der Waals surface area contributed by atoms with Gasteiger partial charge in [0.1, 0.15) is 0 Å². The molecule has 0 aromatic carbocycles. The van der Waals surface area contributed by atoms with Gasteiger partial charge in [0.25, 0.3) is 0 Å². The molecule has 2 heterocycles. The molecule has 1 aromatic rings. The third-order valence-electron chi connectivity index (χ3n) is 2.58. The van der Waals surface area contributed by atoms with Gasteiger partial charge in [0.05, 0.1) is 6.10 Å². The summed E-state index contributed by atoms with van der Waals surface area (Å²) in [7, 11) is 0. The molecule has 1 aromatic heterocycles. The second-order valence-electron chi connectivity index (χ2n) is 3.85. The summed E-state index contributed by atoms with van der Waals surface area (Å²) in [4.78, 5) is 3.97. The predicted octanol–water partition coefficient (Wildman–Crippen LogP) is 2.96. The Bertz CT molecular complexity index is 356. The number of anilines is 1. The summed E-state index contributed by atoms with van der Waals surface area (Å²) in [5.41, 5.74) is 0. The van der Waals surface area contributed by atoms with E-state index >= 15 is 0 Å². The second-order valence-corrected chi connectivity index (χ2v) is 4.77. The van der Waals surface area contributed by atoms with Crippen LogP contribution in [0.5, 0.6) is 0 Å². The van der Waals surface area contributed by atoms with Gasteiger partial charge in [-0.25, -0.2) is 9.37 Å². The van der Waals surface area contributed by atoms with Crippen LogP contribution in [0, 0.1) is 5.82 Å². The van der Waals surface area contributed by atoms with Crippen molar-refractivity contribution >= 4 is 21.7 Å². The van der Waals surface area contributed by atoms with E-state index in [4.69, 9.17) is 4.74 Å². The van der Waals surface area contributed by atoms with E-state index < -0.39 is 0 Å². The number of nitrogens with one attached hydrogen (secondary N) is 1. The Balaban J connectivity index is 1.88. The molecule has 3 nitrogen and oxygen atoms in total. The van der Waals surface area contributed by atoms with E-state index in [1.807, 2.05) is 0 Å². The highest BCUT2D eigenvalue weighted by Gasteiger charge is 2.14. The maximum absolute atomic E-state index is 13.4. The van der Waals surface area contributed by atoms with E-state index in [0.717, 1.165) is 19.4 Å². The first kappa shape index (κ1) is 11.8. The Hall–Kier alpha value is -0.680. The Morgan fingerprint density at radius 3 is 3.12 bits per heavy atom. The van der Waals surface area contributed by atoms with Crippen LogP contribution in [0.4, 0.5) is 10.2 Å². The lowest BCUT2D eigenvalue weighted by Crippen LogP contribution is -2.27. The molecule has 0 saturated carbocycles. The summed E-state index contributed by atoms with van der Waals surface area (Å²) in [6.45, 7) is 1.42. The van der Waals surface area contributed by atoms with Crippen LogP contribution in [-0.4, -0.2) is 24.2 Å². The molecule has 1 fully saturated rings. The quantitative estimate of drug-likeness (QED) is 0.929. The minimum atomic E-state index is -0.342. The molecule has 16 heavy (non-hydrogen) atoms. The lowest BCUT2D eigenvalue weighted by molar-refractivity contribution is 0.0247. The normalized spacial score (nSPS) is 20.8. The molecule has 1 aliphatic heterocycles. The Morgan fingerprint density at radius 1 is 1.56 bits per heavy atom. The number of ether oxygens (including phenoxy) is 1. The molecular weight excluding hydrogens is 275 g/mol. The SMILES string of the molecule is Fc1cc(Br)cnc1NCC1CCCCO1. The zero-order valence-corrected chi connectivity index (χ0v) is 10.5. The highest BCUT2D eigenvalue weighted by molar-refractivity contribution is 9.10. The predicted molar refractivity (Wildman–Crippen MR) is 64.0 cm³/mol. The van der Waals surface area contributed by atoms with Crippen LogP contribution < -0.4 is 5.32 Å². The Morgan fingerprint density at radius 2 is 2.44 bits per heavy atom. The molecule has 1 N–H and O–H groups in total. The third-order valence-corrected chi connectivity index (χ3v) is 3.01. The summed E-state index contributed by atoms with van der Waals surface area (Å²) < 4.78 is 19.6. The van der Waals surface area contributed by atoms with Gasteiger partial charge >= 0.3 is 0 Å². The first-order valence-corrected chi connectivity index (χ1v) is 6.21. The monoisotopic (exact) mass is 288 g/mol. The molecule has 0 bridgehead atoms. The molecule has 2 rings (SSSR count). The molecule has 5 heteroatoms. The number of nitrogens with zero attached hydrogens (tertiary/aromatic N) is 1. The molecule has 1 atom stereocenters. The summed E-state index contributed by atoms with van der Waals surface area (Å²) in [5, 5.41) is 2.98. The Kier molecular flexibility index (Phi) is 4.12. The van der Waals surface area contributed by atoms with Crippen molar-refractivity contribution in [3.8, 4) is 0 Å². The van der Waals surface area contributed by atoms with Gasteiger partial charge in [0.15, 0.2) is 11.6 Å². The van der Waals surface area contributed by atoms with Gasteiger partial charge in [-0.2, -0.15) is 0 Å². The molecule has 0 spiro atoms. The van der Waals surface area contributed by atoms with Crippen LogP contribution in [0.2, 0.25) is 0 Å². The van der Waals surface area contributed by atoms with Crippen LogP contribution in [0.1, 0.15) is 19.3 Å². The average Bonchev–Trinajstić information content (AvgIpc) is 2.29. The van der Waals surface area contributed by atoms with Crippen molar-refractivity contribution in [1.29, 1.82) is 0 Å². The topological polar surface area (TPSA) is 34.2 Å². The molecule has 0 aliphatic carbocycles. The van der Waals surface area contributed by atoms with Gasteiger partial charge in [0.2, 0.25) is 0 Å². The average molecular weight is 289 g/mol. The van der Waals surface area contributed by atoms with Gasteiger partial charge < -0.3 is 10.1 Å². The van der Waals surface area contributed by atoms with Crippen LogP contribution in [-0.2, 0) is 4.74 Å². The number of halogens is 2. The lowest BCUT2D eigenvalue weighted by Gasteiger charge is -2.22. The summed E-state index contributed by atoms with van der Waals surface area (Å²) >= 11 is 3.17. The highest BCUT2D eigenvalue weighted by atomic mass is 79.9. The van der Waals surface area contributed by atoms with Crippen LogP contribution in [0.25, 0.3) is 0 Å². The van der Waals surface area contributed by atoms with Gasteiger partial charge in [-0.1, -0.05) is 0 Å². The maximum Gasteiger partial charge on any atom is 0.166 e.